The molecule has 2 heteroatoms. The Hall–Kier alpha value is -2.35. The first-order valence-corrected chi connectivity index (χ1v) is 9.20. The van der Waals surface area contributed by atoms with Crippen LogP contribution >= 0.6 is 0 Å². The summed E-state index contributed by atoms with van der Waals surface area (Å²) in [4.78, 5) is 5.03. The van der Waals surface area contributed by atoms with Gasteiger partial charge in [-0.3, -0.25) is 4.98 Å². The maximum absolute atomic E-state index is 5.72. The molecule has 0 radical (unpaired) electrons. The summed E-state index contributed by atoms with van der Waals surface area (Å²) in [5, 5.41) is 1.15. The molecule has 2 nitrogen and oxygen atoms in total. The summed E-state index contributed by atoms with van der Waals surface area (Å²) >= 11 is 0. The van der Waals surface area contributed by atoms with Crippen LogP contribution in [0, 0.1) is 0 Å². The minimum Gasteiger partial charge on any atom is -0.496 e. The van der Waals surface area contributed by atoms with Crippen molar-refractivity contribution in [1.82, 2.24) is 4.98 Å². The average Bonchev–Trinajstić information content (AvgIpc) is 2.58. The zero-order valence-electron chi connectivity index (χ0n) is 17.0. The minimum atomic E-state index is -0.0673. The summed E-state index contributed by atoms with van der Waals surface area (Å²) in [5.74, 6) is 0.889. The second kappa shape index (κ2) is 6.42. The number of aromatic nitrogens is 1. The SMILES string of the molecule is COc1ccc(C(C)(C)C)cc1-c1cc2ccccc2nc1C(C)(C)C. The Morgan fingerprint density at radius 1 is 0.769 bits per heavy atom. The second-order valence-corrected chi connectivity index (χ2v) is 8.99. The fraction of sp³-hybridized carbons (Fsp3) is 0.375. The third-order valence-corrected chi connectivity index (χ3v) is 4.79. The first-order valence-electron chi connectivity index (χ1n) is 9.20. The molecule has 2 aromatic carbocycles. The molecule has 0 amide bonds. The zero-order valence-corrected chi connectivity index (χ0v) is 17.0. The first kappa shape index (κ1) is 18.4. The van der Waals surface area contributed by atoms with Gasteiger partial charge in [-0.05, 0) is 35.2 Å². The average molecular weight is 348 g/mol. The van der Waals surface area contributed by atoms with Crippen molar-refractivity contribution in [3.8, 4) is 16.9 Å². The minimum absolute atomic E-state index is 0.0673. The van der Waals surface area contributed by atoms with Gasteiger partial charge in [0.15, 0.2) is 0 Å². The molecule has 136 valence electrons. The van der Waals surface area contributed by atoms with Crippen LogP contribution in [0.25, 0.3) is 22.0 Å². The molecule has 0 saturated heterocycles. The number of ether oxygens (including phenoxy) is 1. The number of hydrogen-bond donors (Lipinski definition) is 0. The highest BCUT2D eigenvalue weighted by Gasteiger charge is 2.24. The molecule has 3 rings (SSSR count). The first-order chi connectivity index (χ1) is 12.1. The molecular weight excluding hydrogens is 318 g/mol. The van der Waals surface area contributed by atoms with E-state index >= 15 is 0 Å². The Labute approximate surface area is 157 Å². The van der Waals surface area contributed by atoms with E-state index in [9.17, 15) is 0 Å². The van der Waals surface area contributed by atoms with Crippen molar-refractivity contribution in [3.05, 3.63) is 59.8 Å². The van der Waals surface area contributed by atoms with Gasteiger partial charge in [0.25, 0.3) is 0 Å². The van der Waals surface area contributed by atoms with Crippen molar-refractivity contribution in [3.63, 3.8) is 0 Å². The molecule has 3 aromatic rings. The molecule has 0 saturated carbocycles. The van der Waals surface area contributed by atoms with E-state index in [0.717, 1.165) is 33.5 Å². The Morgan fingerprint density at radius 2 is 1.46 bits per heavy atom. The van der Waals surface area contributed by atoms with Gasteiger partial charge in [-0.1, -0.05) is 65.8 Å². The van der Waals surface area contributed by atoms with Gasteiger partial charge >= 0.3 is 0 Å². The third-order valence-electron chi connectivity index (χ3n) is 4.79. The van der Waals surface area contributed by atoms with Gasteiger partial charge in [0, 0.05) is 21.9 Å². The number of fused-ring (bicyclic) bond motifs is 1. The van der Waals surface area contributed by atoms with Gasteiger partial charge in [-0.25, -0.2) is 0 Å². The van der Waals surface area contributed by atoms with Crippen molar-refractivity contribution in [1.29, 1.82) is 0 Å². The highest BCUT2D eigenvalue weighted by Crippen LogP contribution is 2.40. The topological polar surface area (TPSA) is 22.1 Å². The summed E-state index contributed by atoms with van der Waals surface area (Å²) in [7, 11) is 1.74. The van der Waals surface area contributed by atoms with E-state index in [1.54, 1.807) is 7.11 Å². The molecule has 0 atom stereocenters. The molecule has 0 fully saturated rings. The van der Waals surface area contributed by atoms with E-state index in [1.807, 2.05) is 6.07 Å². The Kier molecular flexibility index (Phi) is 4.56. The van der Waals surface area contributed by atoms with Crippen molar-refractivity contribution in [2.75, 3.05) is 7.11 Å². The smallest absolute Gasteiger partial charge is 0.126 e. The summed E-state index contributed by atoms with van der Waals surface area (Å²) in [6.07, 6.45) is 0. The lowest BCUT2D eigenvalue weighted by atomic mass is 9.82. The van der Waals surface area contributed by atoms with Gasteiger partial charge in [-0.15, -0.1) is 0 Å². The number of methoxy groups -OCH3 is 1. The summed E-state index contributed by atoms with van der Waals surface area (Å²) in [6.45, 7) is 13.4. The van der Waals surface area contributed by atoms with Crippen LogP contribution in [0.4, 0.5) is 0 Å². The lowest BCUT2D eigenvalue weighted by Crippen LogP contribution is -2.16. The third kappa shape index (κ3) is 3.46. The molecule has 0 bridgehead atoms. The van der Waals surface area contributed by atoms with Crippen molar-refractivity contribution >= 4 is 10.9 Å². The monoisotopic (exact) mass is 347 g/mol. The van der Waals surface area contributed by atoms with Crippen LogP contribution in [0.3, 0.4) is 0 Å². The highest BCUT2D eigenvalue weighted by atomic mass is 16.5. The Morgan fingerprint density at radius 3 is 2.08 bits per heavy atom. The Balaban J connectivity index is 2.37. The summed E-state index contributed by atoms with van der Waals surface area (Å²) < 4.78 is 5.72. The van der Waals surface area contributed by atoms with Crippen LogP contribution < -0.4 is 4.74 Å². The van der Waals surface area contributed by atoms with Gasteiger partial charge in [-0.2, -0.15) is 0 Å². The van der Waals surface area contributed by atoms with Crippen LogP contribution in [0.15, 0.2) is 48.5 Å². The van der Waals surface area contributed by atoms with Gasteiger partial charge in [0.05, 0.1) is 18.3 Å². The predicted molar refractivity (Wildman–Crippen MR) is 111 cm³/mol. The number of benzene rings is 2. The van der Waals surface area contributed by atoms with Crippen molar-refractivity contribution < 1.29 is 4.74 Å². The van der Waals surface area contributed by atoms with Crippen molar-refractivity contribution in [2.24, 2.45) is 0 Å². The van der Waals surface area contributed by atoms with E-state index in [1.165, 1.54) is 5.56 Å². The quantitative estimate of drug-likeness (QED) is 0.527. The van der Waals surface area contributed by atoms with E-state index in [4.69, 9.17) is 9.72 Å². The zero-order chi connectivity index (χ0) is 19.1. The van der Waals surface area contributed by atoms with Crippen LogP contribution in [0.5, 0.6) is 5.75 Å². The lowest BCUT2D eigenvalue weighted by molar-refractivity contribution is 0.415. The van der Waals surface area contributed by atoms with Crippen molar-refractivity contribution in [2.45, 2.75) is 52.4 Å². The van der Waals surface area contributed by atoms with Gasteiger partial charge < -0.3 is 4.74 Å². The molecule has 0 spiro atoms. The Bertz CT molecular complexity index is 943. The summed E-state index contributed by atoms with van der Waals surface area (Å²) in [6, 6.07) is 17.1. The van der Waals surface area contributed by atoms with E-state index in [0.29, 0.717) is 0 Å². The normalized spacial score (nSPS) is 12.4. The maximum atomic E-state index is 5.72. The fourth-order valence-electron chi connectivity index (χ4n) is 3.28. The van der Waals surface area contributed by atoms with Crippen LogP contribution in [0.2, 0.25) is 0 Å². The van der Waals surface area contributed by atoms with E-state index in [-0.39, 0.29) is 10.8 Å². The number of para-hydroxylation sites is 1. The van der Waals surface area contributed by atoms with Crippen LogP contribution in [0.1, 0.15) is 52.8 Å². The number of rotatable bonds is 2. The molecule has 0 unspecified atom stereocenters. The second-order valence-electron chi connectivity index (χ2n) is 8.99. The number of pyridine rings is 1. The molecule has 0 aliphatic carbocycles. The number of nitrogens with zero attached hydrogens (tertiary/aromatic N) is 1. The van der Waals surface area contributed by atoms with E-state index < -0.39 is 0 Å². The van der Waals surface area contributed by atoms with Gasteiger partial charge in [0.1, 0.15) is 5.75 Å². The molecular formula is C24H29NO. The lowest BCUT2D eigenvalue weighted by Gasteiger charge is -2.25. The molecule has 0 N–H and O–H groups in total. The predicted octanol–water partition coefficient (Wildman–Crippen LogP) is 6.51. The largest absolute Gasteiger partial charge is 0.496 e. The number of hydrogen-bond acceptors (Lipinski definition) is 2. The molecule has 0 aliphatic rings. The molecule has 0 aliphatic heterocycles. The maximum Gasteiger partial charge on any atom is 0.126 e. The molecule has 1 aromatic heterocycles. The fourth-order valence-corrected chi connectivity index (χ4v) is 3.28. The summed E-state index contributed by atoms with van der Waals surface area (Å²) in [5.41, 5.74) is 5.70. The van der Waals surface area contributed by atoms with Crippen LogP contribution in [-0.2, 0) is 10.8 Å². The van der Waals surface area contributed by atoms with E-state index in [2.05, 4.69) is 84.0 Å². The van der Waals surface area contributed by atoms with Gasteiger partial charge in [0.2, 0.25) is 0 Å². The molecule has 1 heterocycles. The highest BCUT2D eigenvalue weighted by molar-refractivity contribution is 5.87. The molecule has 26 heavy (non-hydrogen) atoms. The van der Waals surface area contributed by atoms with Crippen LogP contribution in [-0.4, -0.2) is 12.1 Å². The standard InChI is InChI=1S/C24H29NO/c1-23(2,3)17-12-13-21(26-7)18(15-17)19-14-16-10-8-9-11-20(16)25-22(19)24(4,5)6/h8-15H,1-7H3.